The second-order valence-corrected chi connectivity index (χ2v) is 8.23. The Hall–Kier alpha value is -2.11. The number of piperidine rings is 1. The summed E-state index contributed by atoms with van der Waals surface area (Å²) in [5, 5.41) is 6.32. The average molecular weight is 373 g/mol. The molecule has 0 radical (unpaired) electrons. The van der Waals surface area contributed by atoms with Crippen LogP contribution < -0.4 is 10.6 Å². The van der Waals surface area contributed by atoms with Crippen LogP contribution in [0.15, 0.2) is 24.3 Å². The van der Waals surface area contributed by atoms with E-state index in [-0.39, 0.29) is 35.9 Å². The maximum atomic E-state index is 13.0. The van der Waals surface area contributed by atoms with Gasteiger partial charge in [-0.1, -0.05) is 19.3 Å². The topological polar surface area (TPSA) is 61.4 Å². The maximum Gasteiger partial charge on any atom is 0.318 e. The van der Waals surface area contributed by atoms with E-state index in [1.54, 1.807) is 0 Å². The summed E-state index contributed by atoms with van der Waals surface area (Å²) < 4.78 is 13.0. The molecule has 2 bridgehead atoms. The molecule has 1 unspecified atom stereocenters. The van der Waals surface area contributed by atoms with Crippen LogP contribution in [0.4, 0.5) is 9.18 Å². The monoisotopic (exact) mass is 373 g/mol. The lowest BCUT2D eigenvalue weighted by atomic mass is 9.95. The zero-order valence-electron chi connectivity index (χ0n) is 15.6. The summed E-state index contributed by atoms with van der Waals surface area (Å²) in [6, 6.07) is 6.49. The summed E-state index contributed by atoms with van der Waals surface area (Å²) in [4.78, 5) is 27.2. The highest BCUT2D eigenvalue weighted by Gasteiger charge is 2.44. The van der Waals surface area contributed by atoms with Gasteiger partial charge in [-0.25, -0.2) is 9.18 Å². The van der Waals surface area contributed by atoms with E-state index in [0.29, 0.717) is 11.6 Å². The van der Waals surface area contributed by atoms with Crippen molar-refractivity contribution in [2.75, 3.05) is 0 Å². The Kier molecular flexibility index (Phi) is 5.32. The molecule has 1 aromatic rings. The largest absolute Gasteiger partial charge is 0.349 e. The molecule has 3 atom stereocenters. The van der Waals surface area contributed by atoms with E-state index in [4.69, 9.17) is 0 Å². The molecule has 4 rings (SSSR count). The molecule has 2 N–H and O–H groups in total. The summed E-state index contributed by atoms with van der Waals surface area (Å²) in [6.45, 7) is 0. The number of fused-ring (bicyclic) bond motifs is 2. The molecule has 3 fully saturated rings. The molecule has 2 saturated heterocycles. The highest BCUT2D eigenvalue weighted by Crippen LogP contribution is 2.36. The zero-order valence-corrected chi connectivity index (χ0v) is 15.6. The molecular weight excluding hydrogens is 345 g/mol. The van der Waals surface area contributed by atoms with Gasteiger partial charge < -0.3 is 15.5 Å². The van der Waals surface area contributed by atoms with Crippen LogP contribution in [0, 0.1) is 5.82 Å². The predicted molar refractivity (Wildman–Crippen MR) is 101 cm³/mol. The number of carbonyl (C=O) groups is 2. The molecule has 0 spiro atoms. The molecule has 2 aliphatic heterocycles. The molecule has 146 valence electrons. The number of urea groups is 1. The third-order valence-electron chi connectivity index (χ3n) is 6.34. The molecule has 5 nitrogen and oxygen atoms in total. The van der Waals surface area contributed by atoms with Gasteiger partial charge in [0.25, 0.3) is 5.91 Å². The van der Waals surface area contributed by atoms with Gasteiger partial charge in [0.2, 0.25) is 0 Å². The molecular formula is C21H28FN3O2. The average Bonchev–Trinajstić information content (AvgIpc) is 2.94. The van der Waals surface area contributed by atoms with E-state index in [9.17, 15) is 14.0 Å². The van der Waals surface area contributed by atoms with Gasteiger partial charge >= 0.3 is 6.03 Å². The molecule has 2 heterocycles. The minimum absolute atomic E-state index is 0.0683. The molecule has 27 heavy (non-hydrogen) atoms. The lowest BCUT2D eigenvalue weighted by Crippen LogP contribution is -2.56. The first-order chi connectivity index (χ1) is 13.1. The minimum atomic E-state index is -0.345. The summed E-state index contributed by atoms with van der Waals surface area (Å²) >= 11 is 0. The number of amides is 3. The first-order valence-electron chi connectivity index (χ1n) is 10.3. The number of halogens is 1. The summed E-state index contributed by atoms with van der Waals surface area (Å²) in [5.41, 5.74) is 0.473. The molecule has 6 heteroatoms. The van der Waals surface area contributed by atoms with Crippen molar-refractivity contribution in [1.29, 1.82) is 0 Å². The molecule has 0 aromatic heterocycles. The van der Waals surface area contributed by atoms with Crippen LogP contribution in [0.2, 0.25) is 0 Å². The number of rotatable bonds is 3. The van der Waals surface area contributed by atoms with Crippen LogP contribution in [-0.2, 0) is 0 Å². The smallest absolute Gasteiger partial charge is 0.318 e. The maximum absolute atomic E-state index is 13.0. The first-order valence-corrected chi connectivity index (χ1v) is 10.3. The number of hydrogen-bond acceptors (Lipinski definition) is 2. The first kappa shape index (κ1) is 18.3. The molecule has 3 aliphatic rings. The highest BCUT2D eigenvalue weighted by atomic mass is 19.1. The lowest BCUT2D eigenvalue weighted by molar-refractivity contribution is 0.0882. The van der Waals surface area contributed by atoms with Crippen LogP contribution >= 0.6 is 0 Å². The third kappa shape index (κ3) is 4.09. The van der Waals surface area contributed by atoms with Gasteiger partial charge in [-0.15, -0.1) is 0 Å². The quantitative estimate of drug-likeness (QED) is 0.850. The van der Waals surface area contributed by atoms with Crippen molar-refractivity contribution in [2.45, 2.75) is 82.0 Å². The van der Waals surface area contributed by atoms with Crippen molar-refractivity contribution in [3.05, 3.63) is 35.6 Å². The third-order valence-corrected chi connectivity index (χ3v) is 6.34. The fourth-order valence-electron chi connectivity index (χ4n) is 4.99. The van der Waals surface area contributed by atoms with E-state index in [2.05, 4.69) is 10.6 Å². The number of hydrogen-bond donors (Lipinski definition) is 2. The predicted octanol–water partition coefficient (Wildman–Crippen LogP) is 3.59. The van der Waals surface area contributed by atoms with Gasteiger partial charge in [0.05, 0.1) is 0 Å². The van der Waals surface area contributed by atoms with Gasteiger partial charge in [0, 0.05) is 29.7 Å². The normalized spacial score (nSPS) is 28.0. The van der Waals surface area contributed by atoms with E-state index in [0.717, 1.165) is 38.5 Å². The van der Waals surface area contributed by atoms with Crippen LogP contribution in [0.5, 0.6) is 0 Å². The Morgan fingerprint density at radius 2 is 1.48 bits per heavy atom. The SMILES string of the molecule is O=C(NC1C[C@H]2CC[C@@H](C1)N2C(=O)NC1CCCCC1)c1ccc(F)cc1. The van der Waals surface area contributed by atoms with E-state index >= 15 is 0 Å². The number of nitrogens with zero attached hydrogens (tertiary/aromatic N) is 1. The van der Waals surface area contributed by atoms with Crippen LogP contribution in [0.3, 0.4) is 0 Å². The van der Waals surface area contributed by atoms with Crippen molar-refractivity contribution < 1.29 is 14.0 Å². The van der Waals surface area contributed by atoms with E-state index in [1.165, 1.54) is 43.5 Å². The Morgan fingerprint density at radius 1 is 0.852 bits per heavy atom. The second-order valence-electron chi connectivity index (χ2n) is 8.23. The Morgan fingerprint density at radius 3 is 2.11 bits per heavy atom. The van der Waals surface area contributed by atoms with Crippen molar-refractivity contribution in [3.63, 3.8) is 0 Å². The van der Waals surface area contributed by atoms with Gasteiger partial charge in [-0.05, 0) is 62.8 Å². The molecule has 1 aromatic carbocycles. The zero-order chi connectivity index (χ0) is 18.8. The van der Waals surface area contributed by atoms with Gasteiger partial charge in [-0.3, -0.25) is 4.79 Å². The molecule has 3 amide bonds. The second kappa shape index (κ2) is 7.87. The number of nitrogens with one attached hydrogen (secondary N) is 2. The highest BCUT2D eigenvalue weighted by molar-refractivity contribution is 5.94. The van der Waals surface area contributed by atoms with Crippen molar-refractivity contribution in [2.24, 2.45) is 0 Å². The fourth-order valence-corrected chi connectivity index (χ4v) is 4.99. The summed E-state index contributed by atoms with van der Waals surface area (Å²) in [5.74, 6) is -0.513. The molecule has 1 saturated carbocycles. The van der Waals surface area contributed by atoms with Gasteiger partial charge in [0.1, 0.15) is 5.82 Å². The number of carbonyl (C=O) groups excluding carboxylic acids is 2. The standard InChI is InChI=1S/C21H28FN3O2/c22-15-8-6-14(7-9-15)20(26)23-17-12-18-10-11-19(13-17)25(18)21(27)24-16-4-2-1-3-5-16/h6-9,16-19H,1-5,10-13H2,(H,23,26)(H,24,27)/t17?,18-,19+. The Labute approximate surface area is 159 Å². The van der Waals surface area contributed by atoms with Crippen LogP contribution in [0.1, 0.15) is 68.1 Å². The number of benzene rings is 1. The van der Waals surface area contributed by atoms with E-state index < -0.39 is 0 Å². The summed E-state index contributed by atoms with van der Waals surface area (Å²) in [7, 11) is 0. The van der Waals surface area contributed by atoms with Crippen LogP contribution in [-0.4, -0.2) is 41.0 Å². The van der Waals surface area contributed by atoms with Crippen LogP contribution in [0.25, 0.3) is 0 Å². The molecule has 1 aliphatic carbocycles. The van der Waals surface area contributed by atoms with E-state index in [1.807, 2.05) is 4.90 Å². The summed E-state index contributed by atoms with van der Waals surface area (Å²) in [6.07, 6.45) is 9.46. The van der Waals surface area contributed by atoms with Crippen molar-refractivity contribution in [3.8, 4) is 0 Å². The van der Waals surface area contributed by atoms with Gasteiger partial charge in [0.15, 0.2) is 0 Å². The lowest BCUT2D eigenvalue weighted by Gasteiger charge is -2.40. The van der Waals surface area contributed by atoms with Crippen molar-refractivity contribution >= 4 is 11.9 Å². The Balaban J connectivity index is 1.33. The Bertz CT molecular complexity index is 673. The van der Waals surface area contributed by atoms with Crippen molar-refractivity contribution in [1.82, 2.24) is 15.5 Å². The van der Waals surface area contributed by atoms with Gasteiger partial charge in [-0.2, -0.15) is 0 Å². The fraction of sp³-hybridized carbons (Fsp3) is 0.619. The minimum Gasteiger partial charge on any atom is -0.349 e.